The Labute approximate surface area is 143 Å². The minimum Gasteiger partial charge on any atom is -0.383 e. The predicted molar refractivity (Wildman–Crippen MR) is 97.5 cm³/mol. The Morgan fingerprint density at radius 1 is 1.12 bits per heavy atom. The lowest BCUT2D eigenvalue weighted by Crippen LogP contribution is -2.32. The number of anilines is 2. The summed E-state index contributed by atoms with van der Waals surface area (Å²) in [5.74, 6) is 0.461. The molecule has 0 fully saturated rings. The highest BCUT2D eigenvalue weighted by Gasteiger charge is 2.23. The lowest BCUT2D eigenvalue weighted by molar-refractivity contribution is 0.665. The molecule has 0 bridgehead atoms. The largest absolute Gasteiger partial charge is 0.383 e. The Morgan fingerprint density at radius 2 is 1.92 bits per heavy atom. The van der Waals surface area contributed by atoms with Gasteiger partial charge in [0.1, 0.15) is 5.82 Å². The number of hydrogen-bond donors (Lipinski definition) is 1. The zero-order valence-electron chi connectivity index (χ0n) is 13.4. The van der Waals surface area contributed by atoms with Gasteiger partial charge in [-0.1, -0.05) is 36.4 Å². The zero-order valence-corrected chi connectivity index (χ0v) is 14.2. The first-order chi connectivity index (χ1) is 11.6. The van der Waals surface area contributed by atoms with Crippen molar-refractivity contribution in [3.8, 4) is 0 Å². The van der Waals surface area contributed by atoms with Crippen LogP contribution >= 0.6 is 0 Å². The number of fused-ring (bicyclic) bond motifs is 2. The van der Waals surface area contributed by atoms with Crippen LogP contribution in [0, 0.1) is 0 Å². The molecule has 0 spiro atoms. The minimum absolute atomic E-state index is 0.311. The second-order valence-electron chi connectivity index (χ2n) is 5.94. The lowest BCUT2D eigenvalue weighted by atomic mass is 10.0. The summed E-state index contributed by atoms with van der Waals surface area (Å²) in [6.07, 6.45) is 2.37. The van der Waals surface area contributed by atoms with E-state index in [9.17, 15) is 4.21 Å². The van der Waals surface area contributed by atoms with Crippen molar-refractivity contribution in [2.75, 3.05) is 23.4 Å². The Bertz CT molecular complexity index is 952. The topological polar surface area (TPSA) is 72.1 Å². The normalized spacial score (nSPS) is 15.3. The molecule has 2 heterocycles. The van der Waals surface area contributed by atoms with Crippen LogP contribution in [0.5, 0.6) is 0 Å². The second-order valence-corrected chi connectivity index (χ2v) is 7.21. The third kappa shape index (κ3) is 2.53. The predicted octanol–water partition coefficient (Wildman–Crippen LogP) is 2.51. The van der Waals surface area contributed by atoms with E-state index in [4.69, 9.17) is 5.73 Å². The molecule has 1 unspecified atom stereocenters. The van der Waals surface area contributed by atoms with E-state index in [1.807, 2.05) is 6.07 Å². The summed E-state index contributed by atoms with van der Waals surface area (Å²) < 4.78 is 11.7. The maximum absolute atomic E-state index is 11.7. The van der Waals surface area contributed by atoms with Gasteiger partial charge in [-0.15, -0.1) is 0 Å². The van der Waals surface area contributed by atoms with E-state index in [1.54, 1.807) is 6.26 Å². The summed E-state index contributed by atoms with van der Waals surface area (Å²) in [4.78, 5) is 11.0. The van der Waals surface area contributed by atoms with Crippen LogP contribution in [0.15, 0.2) is 47.6 Å². The van der Waals surface area contributed by atoms with E-state index in [0.29, 0.717) is 17.5 Å². The van der Waals surface area contributed by atoms with E-state index in [1.165, 1.54) is 16.5 Å². The highest BCUT2D eigenvalue weighted by Crippen LogP contribution is 2.31. The van der Waals surface area contributed by atoms with E-state index in [2.05, 4.69) is 51.3 Å². The van der Waals surface area contributed by atoms with Crippen molar-refractivity contribution in [1.29, 1.82) is 0 Å². The van der Waals surface area contributed by atoms with Gasteiger partial charge in [-0.3, -0.25) is 4.21 Å². The Balaban J connectivity index is 1.77. The van der Waals surface area contributed by atoms with Gasteiger partial charge in [0.15, 0.2) is 0 Å². The standard InChI is InChI=1S/C18H18N4OS/c1-24(23)18-20-15-11-22(10-9-14(15)17(19)21-18)16-8-4-6-12-5-2-3-7-13(12)16/h2-8H,9-11H2,1H3,(H2,19,20,21). The van der Waals surface area contributed by atoms with E-state index >= 15 is 0 Å². The molecular formula is C18H18N4OS. The Morgan fingerprint density at radius 3 is 2.75 bits per heavy atom. The lowest BCUT2D eigenvalue weighted by Gasteiger charge is -2.31. The summed E-state index contributed by atoms with van der Waals surface area (Å²) in [6, 6.07) is 14.7. The molecule has 1 atom stereocenters. The van der Waals surface area contributed by atoms with Crippen LogP contribution in [0.4, 0.5) is 11.5 Å². The molecule has 2 N–H and O–H groups in total. The maximum atomic E-state index is 11.7. The van der Waals surface area contributed by atoms with E-state index in [0.717, 1.165) is 24.2 Å². The van der Waals surface area contributed by atoms with Crippen molar-refractivity contribution in [1.82, 2.24) is 9.97 Å². The van der Waals surface area contributed by atoms with E-state index < -0.39 is 10.8 Å². The molecular weight excluding hydrogens is 320 g/mol. The van der Waals surface area contributed by atoms with Gasteiger partial charge < -0.3 is 10.6 Å². The Hall–Kier alpha value is -2.47. The number of benzene rings is 2. The van der Waals surface area contributed by atoms with Crippen LogP contribution in [0.25, 0.3) is 10.8 Å². The molecule has 2 aromatic carbocycles. The van der Waals surface area contributed by atoms with Gasteiger partial charge in [0.2, 0.25) is 5.16 Å². The number of aromatic nitrogens is 2. The van der Waals surface area contributed by atoms with Crippen LogP contribution in [-0.2, 0) is 23.8 Å². The zero-order chi connectivity index (χ0) is 16.7. The molecule has 0 radical (unpaired) electrons. The van der Waals surface area contributed by atoms with Gasteiger partial charge in [-0.25, -0.2) is 9.97 Å². The average molecular weight is 338 g/mol. The van der Waals surface area contributed by atoms with E-state index in [-0.39, 0.29) is 0 Å². The fourth-order valence-corrected chi connectivity index (χ4v) is 3.72. The smallest absolute Gasteiger partial charge is 0.220 e. The molecule has 0 aliphatic carbocycles. The highest BCUT2D eigenvalue weighted by atomic mass is 32.2. The SMILES string of the molecule is CS(=O)c1nc(N)c2c(n1)CN(c1cccc3ccccc13)CC2. The van der Waals surface area contributed by atoms with Crippen molar-refractivity contribution < 1.29 is 4.21 Å². The third-order valence-electron chi connectivity index (χ3n) is 4.44. The number of rotatable bonds is 2. The molecule has 5 nitrogen and oxygen atoms in total. The van der Waals surface area contributed by atoms with Crippen molar-refractivity contribution >= 4 is 33.1 Å². The van der Waals surface area contributed by atoms with Crippen molar-refractivity contribution in [2.45, 2.75) is 18.1 Å². The quantitative estimate of drug-likeness (QED) is 0.727. The molecule has 0 amide bonds. The second kappa shape index (κ2) is 5.87. The summed E-state index contributed by atoms with van der Waals surface area (Å²) >= 11 is 0. The van der Waals surface area contributed by atoms with Crippen LogP contribution in [-0.4, -0.2) is 27.0 Å². The Kier molecular flexibility index (Phi) is 3.69. The van der Waals surface area contributed by atoms with Crippen LogP contribution in [0.1, 0.15) is 11.3 Å². The molecule has 3 aromatic rings. The number of nitrogen functional groups attached to an aromatic ring is 1. The maximum Gasteiger partial charge on any atom is 0.220 e. The summed E-state index contributed by atoms with van der Waals surface area (Å²) in [5.41, 5.74) is 9.11. The summed E-state index contributed by atoms with van der Waals surface area (Å²) in [5, 5.41) is 2.76. The average Bonchev–Trinajstić information content (AvgIpc) is 2.60. The first-order valence-electron chi connectivity index (χ1n) is 7.85. The summed E-state index contributed by atoms with van der Waals surface area (Å²) in [7, 11) is -1.24. The molecule has 122 valence electrons. The van der Waals surface area contributed by atoms with Crippen LogP contribution < -0.4 is 10.6 Å². The molecule has 1 aliphatic heterocycles. The molecule has 24 heavy (non-hydrogen) atoms. The number of nitrogens with two attached hydrogens (primary N) is 1. The minimum atomic E-state index is -1.24. The van der Waals surface area contributed by atoms with Gasteiger partial charge in [-0.05, 0) is 17.9 Å². The highest BCUT2D eigenvalue weighted by molar-refractivity contribution is 7.84. The van der Waals surface area contributed by atoms with Gasteiger partial charge in [0, 0.05) is 29.4 Å². The van der Waals surface area contributed by atoms with Crippen LogP contribution in [0.3, 0.4) is 0 Å². The summed E-state index contributed by atoms with van der Waals surface area (Å²) in [6.45, 7) is 1.52. The molecule has 1 aliphatic rings. The van der Waals surface area contributed by atoms with Gasteiger partial charge in [0.05, 0.1) is 23.0 Å². The molecule has 6 heteroatoms. The fraction of sp³-hybridized carbons (Fsp3) is 0.222. The number of nitrogens with zero attached hydrogens (tertiary/aromatic N) is 3. The first-order valence-corrected chi connectivity index (χ1v) is 9.40. The molecule has 1 aromatic heterocycles. The van der Waals surface area contributed by atoms with Gasteiger partial charge in [-0.2, -0.15) is 0 Å². The van der Waals surface area contributed by atoms with Crippen LogP contribution in [0.2, 0.25) is 0 Å². The van der Waals surface area contributed by atoms with Crippen molar-refractivity contribution in [2.24, 2.45) is 0 Å². The molecule has 0 saturated heterocycles. The first kappa shape index (κ1) is 15.1. The monoisotopic (exact) mass is 338 g/mol. The molecule has 4 rings (SSSR count). The molecule has 0 saturated carbocycles. The van der Waals surface area contributed by atoms with Crippen molar-refractivity contribution in [3.63, 3.8) is 0 Å². The van der Waals surface area contributed by atoms with Crippen molar-refractivity contribution in [3.05, 3.63) is 53.7 Å². The third-order valence-corrected chi connectivity index (χ3v) is 5.14. The number of hydrogen-bond acceptors (Lipinski definition) is 5. The van der Waals surface area contributed by atoms with Gasteiger partial charge >= 0.3 is 0 Å². The van der Waals surface area contributed by atoms with Gasteiger partial charge in [0.25, 0.3) is 0 Å². The fourth-order valence-electron chi connectivity index (χ4n) is 3.25.